The van der Waals surface area contributed by atoms with E-state index in [-0.39, 0.29) is 17.8 Å². The number of aliphatic hydroxyl groups is 1. The van der Waals surface area contributed by atoms with E-state index in [1.165, 1.54) is 24.3 Å². The number of carbonyl (C=O) groups is 1. The molecule has 0 bridgehead atoms. The molecule has 0 spiro atoms. The van der Waals surface area contributed by atoms with E-state index < -0.39 is 18.8 Å². The summed E-state index contributed by atoms with van der Waals surface area (Å²) in [5.74, 6) is 0.0699. The number of rotatable bonds is 6. The Hall–Kier alpha value is -1.96. The summed E-state index contributed by atoms with van der Waals surface area (Å²) in [6.07, 6.45) is -2.62. The summed E-state index contributed by atoms with van der Waals surface area (Å²) >= 11 is 0. The molecule has 122 valence electrons. The number of benzene rings is 1. The molecular weight excluding hydrogens is 301 g/mol. The number of hydrogen-bond donors (Lipinski definition) is 3. The number of hydrogen-bond acceptors (Lipinski definition) is 3. The van der Waals surface area contributed by atoms with Gasteiger partial charge in [-0.1, -0.05) is 0 Å². The Kier molecular flexibility index (Phi) is 4.80. The summed E-state index contributed by atoms with van der Waals surface area (Å²) in [7, 11) is 0. The van der Waals surface area contributed by atoms with E-state index >= 15 is 0 Å². The molecule has 8 heteroatoms. The van der Waals surface area contributed by atoms with Crippen molar-refractivity contribution in [3.05, 3.63) is 24.3 Å². The third-order valence-electron chi connectivity index (χ3n) is 3.43. The van der Waals surface area contributed by atoms with Gasteiger partial charge in [0.15, 0.2) is 6.61 Å². The van der Waals surface area contributed by atoms with E-state index in [1.54, 1.807) is 0 Å². The van der Waals surface area contributed by atoms with Crippen molar-refractivity contribution >= 4 is 11.7 Å². The van der Waals surface area contributed by atoms with Crippen LogP contribution in [0.1, 0.15) is 12.8 Å². The lowest BCUT2D eigenvalue weighted by Crippen LogP contribution is -2.35. The van der Waals surface area contributed by atoms with Crippen LogP contribution in [0, 0.1) is 5.41 Å². The number of urea groups is 1. The van der Waals surface area contributed by atoms with Gasteiger partial charge in [-0.3, -0.25) is 0 Å². The van der Waals surface area contributed by atoms with Crippen LogP contribution in [0.25, 0.3) is 0 Å². The molecule has 1 aliphatic carbocycles. The molecule has 1 saturated carbocycles. The maximum Gasteiger partial charge on any atom is 0.422 e. The fourth-order valence-corrected chi connectivity index (χ4v) is 1.81. The van der Waals surface area contributed by atoms with Crippen molar-refractivity contribution in [2.24, 2.45) is 5.41 Å². The first-order valence-corrected chi connectivity index (χ1v) is 6.77. The van der Waals surface area contributed by atoms with Crippen molar-refractivity contribution in [2.75, 3.05) is 25.1 Å². The van der Waals surface area contributed by atoms with E-state index in [9.17, 15) is 18.0 Å². The number of ether oxygens (including phenoxy) is 1. The SMILES string of the molecule is O=C(NCC1(CO)CC1)Nc1ccc(OCC(F)(F)F)cc1. The van der Waals surface area contributed by atoms with Gasteiger partial charge in [-0.25, -0.2) is 4.79 Å². The molecule has 3 N–H and O–H groups in total. The number of alkyl halides is 3. The van der Waals surface area contributed by atoms with Crippen molar-refractivity contribution in [2.45, 2.75) is 19.0 Å². The average Bonchev–Trinajstić information content (AvgIpc) is 3.24. The molecule has 22 heavy (non-hydrogen) atoms. The molecule has 0 saturated heterocycles. The van der Waals surface area contributed by atoms with Crippen molar-refractivity contribution in [1.29, 1.82) is 0 Å². The lowest BCUT2D eigenvalue weighted by Gasteiger charge is -2.14. The summed E-state index contributed by atoms with van der Waals surface area (Å²) in [6, 6.07) is 5.16. The Bertz CT molecular complexity index is 513. The summed E-state index contributed by atoms with van der Waals surface area (Å²) < 4.78 is 40.6. The Labute approximate surface area is 125 Å². The molecular formula is C14H17F3N2O3. The Morgan fingerprint density at radius 1 is 1.27 bits per heavy atom. The summed E-state index contributed by atoms with van der Waals surface area (Å²) in [6.45, 7) is -0.926. The van der Waals surface area contributed by atoms with Crippen LogP contribution >= 0.6 is 0 Å². The molecule has 1 aromatic carbocycles. The van der Waals surface area contributed by atoms with E-state index in [0.29, 0.717) is 12.2 Å². The molecule has 1 aliphatic rings. The number of amides is 2. The normalized spacial score (nSPS) is 16.0. The maximum absolute atomic E-state index is 12.0. The smallest absolute Gasteiger partial charge is 0.422 e. The van der Waals surface area contributed by atoms with Gasteiger partial charge in [-0.2, -0.15) is 13.2 Å². The van der Waals surface area contributed by atoms with Gasteiger partial charge in [-0.15, -0.1) is 0 Å². The highest BCUT2D eigenvalue weighted by Gasteiger charge is 2.42. The number of halogens is 3. The molecule has 0 heterocycles. The number of carbonyl (C=O) groups excluding carboxylic acids is 1. The third-order valence-corrected chi connectivity index (χ3v) is 3.43. The van der Waals surface area contributed by atoms with Gasteiger partial charge in [0.2, 0.25) is 0 Å². The molecule has 1 fully saturated rings. The average molecular weight is 318 g/mol. The van der Waals surface area contributed by atoms with Gasteiger partial charge in [0.05, 0.1) is 6.61 Å². The van der Waals surface area contributed by atoms with Crippen molar-refractivity contribution in [3.63, 3.8) is 0 Å². The quantitative estimate of drug-likeness (QED) is 0.755. The van der Waals surface area contributed by atoms with Gasteiger partial charge in [0.25, 0.3) is 0 Å². The van der Waals surface area contributed by atoms with Crippen LogP contribution in [0.5, 0.6) is 5.75 Å². The predicted molar refractivity (Wildman–Crippen MR) is 73.8 cm³/mol. The number of aliphatic hydroxyl groups excluding tert-OH is 1. The number of anilines is 1. The molecule has 5 nitrogen and oxygen atoms in total. The molecule has 0 aliphatic heterocycles. The van der Waals surface area contributed by atoms with Crippen LogP contribution < -0.4 is 15.4 Å². The predicted octanol–water partition coefficient (Wildman–Crippen LogP) is 2.52. The van der Waals surface area contributed by atoms with Gasteiger partial charge in [0.1, 0.15) is 5.75 Å². The highest BCUT2D eigenvalue weighted by molar-refractivity contribution is 5.89. The Morgan fingerprint density at radius 2 is 1.91 bits per heavy atom. The zero-order valence-electron chi connectivity index (χ0n) is 11.7. The molecule has 0 radical (unpaired) electrons. The van der Waals surface area contributed by atoms with E-state index in [1.807, 2.05) is 0 Å². The topological polar surface area (TPSA) is 70.6 Å². The molecule has 0 aromatic heterocycles. The molecule has 0 unspecified atom stereocenters. The minimum Gasteiger partial charge on any atom is -0.484 e. The first-order valence-electron chi connectivity index (χ1n) is 6.77. The second kappa shape index (κ2) is 6.43. The van der Waals surface area contributed by atoms with E-state index in [4.69, 9.17) is 5.11 Å². The first-order chi connectivity index (χ1) is 10.3. The van der Waals surface area contributed by atoms with Gasteiger partial charge >= 0.3 is 12.2 Å². The highest BCUT2D eigenvalue weighted by Crippen LogP contribution is 2.44. The summed E-state index contributed by atoms with van der Waals surface area (Å²) in [5, 5.41) is 14.3. The lowest BCUT2D eigenvalue weighted by molar-refractivity contribution is -0.153. The molecule has 0 atom stereocenters. The zero-order chi connectivity index (χ0) is 16.2. The first kappa shape index (κ1) is 16.4. The van der Waals surface area contributed by atoms with E-state index in [0.717, 1.165) is 12.8 Å². The van der Waals surface area contributed by atoms with E-state index in [2.05, 4.69) is 15.4 Å². The summed E-state index contributed by atoms with van der Waals surface area (Å²) in [5.41, 5.74) is 0.248. The van der Waals surface area contributed by atoms with Crippen LogP contribution in [0.15, 0.2) is 24.3 Å². The monoisotopic (exact) mass is 318 g/mol. The standard InChI is InChI=1S/C14H17F3N2O3/c15-14(16,17)9-22-11-3-1-10(2-4-11)19-12(21)18-7-13(8-20)5-6-13/h1-4,20H,5-9H2,(H2,18,19,21). The van der Waals surface area contributed by atoms with Crippen LogP contribution in [-0.4, -0.2) is 37.1 Å². The van der Waals surface area contributed by atoms with Gasteiger partial charge < -0.3 is 20.5 Å². The van der Waals surface area contributed by atoms with Crippen LogP contribution in [-0.2, 0) is 0 Å². The largest absolute Gasteiger partial charge is 0.484 e. The molecule has 2 amide bonds. The van der Waals surface area contributed by atoms with Gasteiger partial charge in [-0.05, 0) is 37.1 Å². The fourth-order valence-electron chi connectivity index (χ4n) is 1.81. The van der Waals surface area contributed by atoms with Crippen molar-refractivity contribution < 1.29 is 27.8 Å². The minimum absolute atomic E-state index is 0.0402. The van der Waals surface area contributed by atoms with Crippen LogP contribution in [0.4, 0.5) is 23.7 Å². The lowest BCUT2D eigenvalue weighted by atomic mass is 10.1. The van der Waals surface area contributed by atoms with Crippen molar-refractivity contribution in [3.8, 4) is 5.75 Å². The van der Waals surface area contributed by atoms with Crippen molar-refractivity contribution in [1.82, 2.24) is 5.32 Å². The van der Waals surface area contributed by atoms with Gasteiger partial charge in [0, 0.05) is 17.6 Å². The highest BCUT2D eigenvalue weighted by atomic mass is 19.4. The zero-order valence-corrected chi connectivity index (χ0v) is 11.7. The Morgan fingerprint density at radius 3 is 2.41 bits per heavy atom. The third kappa shape index (κ3) is 5.10. The van der Waals surface area contributed by atoms with Crippen LogP contribution in [0.3, 0.4) is 0 Å². The van der Waals surface area contributed by atoms with Crippen LogP contribution in [0.2, 0.25) is 0 Å². The molecule has 2 rings (SSSR count). The second-order valence-corrected chi connectivity index (χ2v) is 5.39. The second-order valence-electron chi connectivity index (χ2n) is 5.39. The maximum atomic E-state index is 12.0. The summed E-state index contributed by atoms with van der Waals surface area (Å²) in [4.78, 5) is 11.7. The fraction of sp³-hybridized carbons (Fsp3) is 0.500. The number of nitrogens with one attached hydrogen (secondary N) is 2. The minimum atomic E-state index is -4.39. The Balaban J connectivity index is 1.77. The molecule has 1 aromatic rings.